The first-order valence-electron chi connectivity index (χ1n) is 8.68. The van der Waals surface area contributed by atoms with Gasteiger partial charge in [0.15, 0.2) is 0 Å². The highest BCUT2D eigenvalue weighted by Gasteiger charge is 2.05. The predicted octanol–water partition coefficient (Wildman–Crippen LogP) is 4.12. The van der Waals surface area contributed by atoms with Gasteiger partial charge in [-0.3, -0.25) is 4.79 Å². The molecule has 0 radical (unpaired) electrons. The van der Waals surface area contributed by atoms with Crippen LogP contribution in [0.5, 0.6) is 5.75 Å². The summed E-state index contributed by atoms with van der Waals surface area (Å²) < 4.78 is 5.37. The number of hydrogen-bond donors (Lipinski definition) is 0. The minimum Gasteiger partial charge on any atom is -0.427 e. The van der Waals surface area contributed by atoms with Crippen LogP contribution in [0.4, 0.5) is 0 Å². The van der Waals surface area contributed by atoms with Crippen molar-refractivity contribution in [3.05, 3.63) is 48.3 Å². The molecule has 0 unspecified atom stereocenters. The zero-order valence-corrected chi connectivity index (χ0v) is 14.3. The van der Waals surface area contributed by atoms with E-state index in [-0.39, 0.29) is 5.97 Å². The van der Waals surface area contributed by atoms with Crippen LogP contribution in [0.3, 0.4) is 0 Å². The average Bonchev–Trinajstić information content (AvgIpc) is 2.61. The summed E-state index contributed by atoms with van der Waals surface area (Å²) in [5.41, 5.74) is 1.07. The number of rotatable bonds is 10. The summed E-state index contributed by atoms with van der Waals surface area (Å²) in [5.74, 6) is 1.15. The van der Waals surface area contributed by atoms with Gasteiger partial charge < -0.3 is 4.74 Å². The number of hydrogen-bond acceptors (Lipinski definition) is 5. The molecule has 24 heavy (non-hydrogen) atoms. The van der Waals surface area contributed by atoms with E-state index >= 15 is 0 Å². The first kappa shape index (κ1) is 18.0. The van der Waals surface area contributed by atoms with Crippen LogP contribution in [-0.4, -0.2) is 20.9 Å². The third-order valence-electron chi connectivity index (χ3n) is 3.80. The van der Waals surface area contributed by atoms with Gasteiger partial charge in [-0.05, 0) is 24.1 Å². The molecule has 5 nitrogen and oxygen atoms in total. The van der Waals surface area contributed by atoms with Gasteiger partial charge in [-0.2, -0.15) is 0 Å². The molecule has 128 valence electrons. The van der Waals surface area contributed by atoms with E-state index in [1.165, 1.54) is 38.3 Å². The van der Waals surface area contributed by atoms with Crippen LogP contribution in [-0.2, 0) is 11.2 Å². The minimum atomic E-state index is -0.157. The van der Waals surface area contributed by atoms with E-state index in [4.69, 9.17) is 4.74 Å². The molecule has 2 aromatic rings. The molecule has 0 aliphatic heterocycles. The van der Waals surface area contributed by atoms with E-state index in [0.717, 1.165) is 24.2 Å². The normalized spacial score (nSPS) is 10.5. The molecule has 0 aliphatic carbocycles. The molecular formula is C19H25N3O2. The Labute approximate surface area is 143 Å². The van der Waals surface area contributed by atoms with Crippen LogP contribution < -0.4 is 4.74 Å². The Kier molecular flexibility index (Phi) is 7.87. The SMILES string of the molecule is CCCCCCCCC(=O)Oc1ccc(Cc2ncncn2)cc1. The maximum Gasteiger partial charge on any atom is 0.311 e. The summed E-state index contributed by atoms with van der Waals surface area (Å²) in [4.78, 5) is 23.8. The van der Waals surface area contributed by atoms with Crippen molar-refractivity contribution < 1.29 is 9.53 Å². The number of unbranched alkanes of at least 4 members (excludes halogenated alkanes) is 5. The van der Waals surface area contributed by atoms with Crippen LogP contribution in [0, 0.1) is 0 Å². The lowest BCUT2D eigenvalue weighted by atomic mass is 10.1. The van der Waals surface area contributed by atoms with Crippen molar-refractivity contribution in [2.75, 3.05) is 0 Å². The minimum absolute atomic E-state index is 0.157. The molecule has 0 amide bonds. The maximum atomic E-state index is 11.8. The monoisotopic (exact) mass is 327 g/mol. The number of nitrogens with zero attached hydrogens (tertiary/aromatic N) is 3. The van der Waals surface area contributed by atoms with Crippen LogP contribution in [0.1, 0.15) is 63.3 Å². The zero-order chi connectivity index (χ0) is 17.0. The smallest absolute Gasteiger partial charge is 0.311 e. The Hall–Kier alpha value is -2.30. The number of esters is 1. The molecule has 1 heterocycles. The lowest BCUT2D eigenvalue weighted by Crippen LogP contribution is -2.07. The summed E-state index contributed by atoms with van der Waals surface area (Å²) in [5, 5.41) is 0. The largest absolute Gasteiger partial charge is 0.427 e. The van der Waals surface area contributed by atoms with Crippen molar-refractivity contribution in [3.63, 3.8) is 0 Å². The molecular weight excluding hydrogens is 302 g/mol. The fraction of sp³-hybridized carbons (Fsp3) is 0.474. The zero-order valence-electron chi connectivity index (χ0n) is 14.3. The lowest BCUT2D eigenvalue weighted by Gasteiger charge is -2.06. The predicted molar refractivity (Wildman–Crippen MR) is 92.7 cm³/mol. The Morgan fingerprint density at radius 3 is 2.33 bits per heavy atom. The molecule has 0 atom stereocenters. The van der Waals surface area contributed by atoms with Crippen molar-refractivity contribution in [1.29, 1.82) is 0 Å². The van der Waals surface area contributed by atoms with Gasteiger partial charge in [0, 0.05) is 12.8 Å². The van der Waals surface area contributed by atoms with Crippen LogP contribution in [0.2, 0.25) is 0 Å². The maximum absolute atomic E-state index is 11.8. The molecule has 2 rings (SSSR count). The van der Waals surface area contributed by atoms with Gasteiger partial charge in [0.25, 0.3) is 0 Å². The molecule has 0 bridgehead atoms. The molecule has 1 aromatic heterocycles. The summed E-state index contributed by atoms with van der Waals surface area (Å²) in [6.07, 6.45) is 11.1. The van der Waals surface area contributed by atoms with Crippen LogP contribution in [0.15, 0.2) is 36.9 Å². The fourth-order valence-electron chi connectivity index (χ4n) is 2.44. The van der Waals surface area contributed by atoms with Gasteiger partial charge in [0.1, 0.15) is 24.2 Å². The second kappa shape index (κ2) is 10.5. The molecule has 0 spiro atoms. The van der Waals surface area contributed by atoms with Gasteiger partial charge in [0.05, 0.1) is 0 Å². The van der Waals surface area contributed by atoms with Gasteiger partial charge >= 0.3 is 5.97 Å². The van der Waals surface area contributed by atoms with Gasteiger partial charge in [-0.25, -0.2) is 15.0 Å². The molecule has 0 aliphatic rings. The van der Waals surface area contributed by atoms with E-state index in [1.807, 2.05) is 24.3 Å². The van der Waals surface area contributed by atoms with Gasteiger partial charge in [-0.15, -0.1) is 0 Å². The molecule has 5 heteroatoms. The molecule has 0 saturated heterocycles. The Balaban J connectivity index is 1.70. The highest BCUT2D eigenvalue weighted by atomic mass is 16.5. The summed E-state index contributed by atoms with van der Waals surface area (Å²) >= 11 is 0. The van der Waals surface area contributed by atoms with E-state index in [2.05, 4.69) is 21.9 Å². The number of benzene rings is 1. The van der Waals surface area contributed by atoms with Crippen molar-refractivity contribution in [3.8, 4) is 5.75 Å². The van der Waals surface area contributed by atoms with Crippen molar-refractivity contribution in [2.45, 2.75) is 58.3 Å². The number of aromatic nitrogens is 3. The van der Waals surface area contributed by atoms with Crippen molar-refractivity contribution in [1.82, 2.24) is 15.0 Å². The number of carbonyl (C=O) groups is 1. The molecule has 1 aromatic carbocycles. The third-order valence-corrected chi connectivity index (χ3v) is 3.80. The molecule has 0 saturated carbocycles. The van der Waals surface area contributed by atoms with E-state index in [9.17, 15) is 4.79 Å². The summed E-state index contributed by atoms with van der Waals surface area (Å²) in [6, 6.07) is 7.49. The first-order valence-corrected chi connectivity index (χ1v) is 8.68. The molecule has 0 fully saturated rings. The highest BCUT2D eigenvalue weighted by Crippen LogP contribution is 2.15. The number of carbonyl (C=O) groups excluding carboxylic acids is 1. The van der Waals surface area contributed by atoms with Crippen molar-refractivity contribution in [2.24, 2.45) is 0 Å². The Bertz CT molecular complexity index is 600. The van der Waals surface area contributed by atoms with E-state index in [0.29, 0.717) is 18.6 Å². The van der Waals surface area contributed by atoms with E-state index < -0.39 is 0 Å². The second-order valence-electron chi connectivity index (χ2n) is 5.87. The molecule has 0 N–H and O–H groups in total. The Morgan fingerprint density at radius 1 is 0.958 bits per heavy atom. The topological polar surface area (TPSA) is 65.0 Å². The highest BCUT2D eigenvalue weighted by molar-refractivity contribution is 5.72. The van der Waals surface area contributed by atoms with Crippen molar-refractivity contribution >= 4 is 5.97 Å². The Morgan fingerprint density at radius 2 is 1.62 bits per heavy atom. The van der Waals surface area contributed by atoms with Gasteiger partial charge in [0.2, 0.25) is 0 Å². The average molecular weight is 327 g/mol. The van der Waals surface area contributed by atoms with E-state index in [1.54, 1.807) is 0 Å². The van der Waals surface area contributed by atoms with Crippen LogP contribution in [0.25, 0.3) is 0 Å². The number of ether oxygens (including phenoxy) is 1. The second-order valence-corrected chi connectivity index (χ2v) is 5.87. The lowest BCUT2D eigenvalue weighted by molar-refractivity contribution is -0.134. The van der Waals surface area contributed by atoms with Crippen LogP contribution >= 0.6 is 0 Å². The quantitative estimate of drug-likeness (QED) is 0.373. The standard InChI is InChI=1S/C19H25N3O2/c1-2-3-4-5-6-7-8-19(23)24-17-11-9-16(10-12-17)13-18-21-14-20-15-22-18/h9-12,14-15H,2-8,13H2,1H3. The summed E-state index contributed by atoms with van der Waals surface area (Å²) in [6.45, 7) is 2.20. The fourth-order valence-corrected chi connectivity index (χ4v) is 2.44. The third kappa shape index (κ3) is 6.86. The first-order chi connectivity index (χ1) is 11.8. The summed E-state index contributed by atoms with van der Waals surface area (Å²) in [7, 11) is 0. The van der Waals surface area contributed by atoms with Gasteiger partial charge in [-0.1, -0.05) is 51.2 Å².